The molecule has 0 spiro atoms. The molecule has 1 aromatic carbocycles. The van der Waals surface area contributed by atoms with E-state index in [0.717, 1.165) is 44.6 Å². The summed E-state index contributed by atoms with van der Waals surface area (Å²) < 4.78 is 42.3. The van der Waals surface area contributed by atoms with Crippen molar-refractivity contribution in [3.63, 3.8) is 0 Å². The van der Waals surface area contributed by atoms with Crippen LogP contribution in [0.3, 0.4) is 0 Å². The number of rotatable bonds is 6. The first-order chi connectivity index (χ1) is 10.8. The molecule has 0 bridgehead atoms. The van der Waals surface area contributed by atoms with Crippen molar-refractivity contribution >= 4 is 9.84 Å². The zero-order chi connectivity index (χ0) is 17.0. The largest absolute Gasteiger partial charge is 0.376 e. The SMILES string of the molecule is C[C@@H]1CN(CCN[C@@H](C)c2ccc(S(C)(=O)=O)c(F)c2)CCO1. The third kappa shape index (κ3) is 5.24. The minimum Gasteiger partial charge on any atom is -0.376 e. The van der Waals surface area contributed by atoms with Gasteiger partial charge in [-0.25, -0.2) is 12.8 Å². The average molecular weight is 344 g/mol. The first-order valence-electron chi connectivity index (χ1n) is 7.84. The molecular weight excluding hydrogens is 319 g/mol. The lowest BCUT2D eigenvalue weighted by atomic mass is 10.1. The van der Waals surface area contributed by atoms with Gasteiger partial charge in [0.05, 0.1) is 12.7 Å². The molecule has 23 heavy (non-hydrogen) atoms. The highest BCUT2D eigenvalue weighted by Gasteiger charge is 2.17. The quantitative estimate of drug-likeness (QED) is 0.849. The summed E-state index contributed by atoms with van der Waals surface area (Å²) in [5, 5.41) is 3.35. The Kier molecular flexibility index (Phi) is 6.13. The maximum Gasteiger partial charge on any atom is 0.178 e. The zero-order valence-corrected chi connectivity index (χ0v) is 14.7. The van der Waals surface area contributed by atoms with Gasteiger partial charge in [-0.3, -0.25) is 4.90 Å². The smallest absolute Gasteiger partial charge is 0.178 e. The number of morpholine rings is 1. The third-order valence-electron chi connectivity index (χ3n) is 4.06. The van der Waals surface area contributed by atoms with Crippen molar-refractivity contribution in [2.24, 2.45) is 0 Å². The summed E-state index contributed by atoms with van der Waals surface area (Å²) in [6.07, 6.45) is 1.27. The van der Waals surface area contributed by atoms with E-state index in [9.17, 15) is 12.8 Å². The van der Waals surface area contributed by atoms with Crippen LogP contribution in [0.1, 0.15) is 25.5 Å². The Morgan fingerprint density at radius 2 is 2.22 bits per heavy atom. The van der Waals surface area contributed by atoms with Gasteiger partial charge in [-0.05, 0) is 31.5 Å². The highest BCUT2D eigenvalue weighted by atomic mass is 32.2. The van der Waals surface area contributed by atoms with E-state index >= 15 is 0 Å². The van der Waals surface area contributed by atoms with Crippen molar-refractivity contribution in [3.05, 3.63) is 29.6 Å². The van der Waals surface area contributed by atoms with E-state index in [0.29, 0.717) is 0 Å². The molecule has 1 heterocycles. The lowest BCUT2D eigenvalue weighted by Crippen LogP contribution is -2.44. The molecule has 7 heteroatoms. The normalized spacial score (nSPS) is 21.3. The van der Waals surface area contributed by atoms with Crippen LogP contribution < -0.4 is 5.32 Å². The van der Waals surface area contributed by atoms with Gasteiger partial charge in [-0.15, -0.1) is 0 Å². The Morgan fingerprint density at radius 1 is 1.48 bits per heavy atom. The molecule has 1 N–H and O–H groups in total. The van der Waals surface area contributed by atoms with E-state index in [1.165, 1.54) is 12.1 Å². The van der Waals surface area contributed by atoms with Gasteiger partial charge in [0, 0.05) is 38.5 Å². The highest BCUT2D eigenvalue weighted by molar-refractivity contribution is 7.90. The van der Waals surface area contributed by atoms with Crippen LogP contribution in [-0.2, 0) is 14.6 Å². The first kappa shape index (κ1) is 18.3. The van der Waals surface area contributed by atoms with E-state index in [2.05, 4.69) is 17.1 Å². The summed E-state index contributed by atoms with van der Waals surface area (Å²) in [4.78, 5) is 2.08. The van der Waals surface area contributed by atoms with E-state index in [-0.39, 0.29) is 17.0 Å². The molecule has 1 aliphatic rings. The lowest BCUT2D eigenvalue weighted by Gasteiger charge is -2.31. The van der Waals surface area contributed by atoms with E-state index < -0.39 is 15.7 Å². The summed E-state index contributed by atoms with van der Waals surface area (Å²) in [5.41, 5.74) is 0.741. The second kappa shape index (κ2) is 7.70. The van der Waals surface area contributed by atoms with Gasteiger partial charge in [-0.2, -0.15) is 0 Å². The molecule has 2 atom stereocenters. The standard InChI is InChI=1S/C16H25FN2O3S/c1-12-11-19(8-9-22-12)7-6-18-13(2)14-4-5-16(15(17)10-14)23(3,20)21/h4-5,10,12-13,18H,6-9,11H2,1-3H3/t12-,13+/m1/s1. The summed E-state index contributed by atoms with van der Waals surface area (Å²) in [6, 6.07) is 4.25. The Bertz CT molecular complexity index is 636. The third-order valence-corrected chi connectivity index (χ3v) is 5.19. The predicted octanol–water partition coefficient (Wildman–Crippen LogP) is 1.60. The van der Waals surface area contributed by atoms with Crippen LogP contribution in [-0.4, -0.2) is 58.5 Å². The van der Waals surface area contributed by atoms with Gasteiger partial charge in [0.2, 0.25) is 0 Å². The van der Waals surface area contributed by atoms with Gasteiger partial charge in [0.1, 0.15) is 10.7 Å². The maximum atomic E-state index is 13.9. The molecule has 0 amide bonds. The molecule has 0 saturated carbocycles. The Morgan fingerprint density at radius 3 is 2.83 bits per heavy atom. The van der Waals surface area contributed by atoms with Crippen molar-refractivity contribution in [2.45, 2.75) is 30.9 Å². The van der Waals surface area contributed by atoms with Crippen LogP contribution in [0.25, 0.3) is 0 Å². The average Bonchev–Trinajstić information content (AvgIpc) is 2.45. The molecule has 0 aromatic heterocycles. The van der Waals surface area contributed by atoms with Crippen LogP contribution in [0, 0.1) is 5.82 Å². The molecule has 1 aliphatic heterocycles. The summed E-state index contributed by atoms with van der Waals surface area (Å²) in [5.74, 6) is -0.694. The number of hydrogen-bond acceptors (Lipinski definition) is 5. The molecule has 0 aliphatic carbocycles. The Labute approximate surface area is 137 Å². The van der Waals surface area contributed by atoms with Gasteiger partial charge >= 0.3 is 0 Å². The number of nitrogens with one attached hydrogen (secondary N) is 1. The van der Waals surface area contributed by atoms with Crippen molar-refractivity contribution < 1.29 is 17.5 Å². The monoisotopic (exact) mass is 344 g/mol. The zero-order valence-electron chi connectivity index (χ0n) is 13.9. The number of sulfone groups is 1. The second-order valence-electron chi connectivity index (χ2n) is 6.12. The highest BCUT2D eigenvalue weighted by Crippen LogP contribution is 2.20. The Balaban J connectivity index is 1.88. The van der Waals surface area contributed by atoms with Gasteiger partial charge in [-0.1, -0.05) is 6.07 Å². The number of ether oxygens (including phenoxy) is 1. The van der Waals surface area contributed by atoms with Crippen LogP contribution >= 0.6 is 0 Å². The number of hydrogen-bond donors (Lipinski definition) is 1. The first-order valence-corrected chi connectivity index (χ1v) is 9.73. The fourth-order valence-corrected chi connectivity index (χ4v) is 3.47. The molecule has 0 unspecified atom stereocenters. The molecular formula is C16H25FN2O3S. The van der Waals surface area contributed by atoms with Gasteiger partial charge in [0.25, 0.3) is 0 Å². The van der Waals surface area contributed by atoms with E-state index in [1.807, 2.05) is 6.92 Å². The lowest BCUT2D eigenvalue weighted by molar-refractivity contribution is -0.0178. The van der Waals surface area contributed by atoms with Crippen molar-refractivity contribution in [3.8, 4) is 0 Å². The molecule has 5 nitrogen and oxygen atoms in total. The predicted molar refractivity (Wildman–Crippen MR) is 87.8 cm³/mol. The molecule has 0 radical (unpaired) electrons. The minimum atomic E-state index is -3.53. The maximum absolute atomic E-state index is 13.9. The molecule has 1 fully saturated rings. The van der Waals surface area contributed by atoms with E-state index in [1.54, 1.807) is 6.07 Å². The fraction of sp³-hybridized carbons (Fsp3) is 0.625. The minimum absolute atomic E-state index is 0.0448. The Hall–Kier alpha value is -1.02. The van der Waals surface area contributed by atoms with Crippen LogP contribution in [0.4, 0.5) is 4.39 Å². The van der Waals surface area contributed by atoms with Crippen LogP contribution in [0.2, 0.25) is 0 Å². The summed E-state index contributed by atoms with van der Waals surface area (Å²) in [6.45, 7) is 8.30. The molecule has 1 aromatic rings. The van der Waals surface area contributed by atoms with Crippen LogP contribution in [0.15, 0.2) is 23.1 Å². The van der Waals surface area contributed by atoms with Gasteiger partial charge in [0.15, 0.2) is 9.84 Å². The topological polar surface area (TPSA) is 58.6 Å². The van der Waals surface area contributed by atoms with Gasteiger partial charge < -0.3 is 10.1 Å². The van der Waals surface area contributed by atoms with Crippen molar-refractivity contribution in [1.29, 1.82) is 0 Å². The van der Waals surface area contributed by atoms with Crippen molar-refractivity contribution in [2.75, 3.05) is 39.0 Å². The number of nitrogens with zero attached hydrogens (tertiary/aromatic N) is 1. The molecule has 130 valence electrons. The molecule has 1 saturated heterocycles. The fourth-order valence-electron chi connectivity index (χ4n) is 2.74. The number of halogens is 1. The van der Waals surface area contributed by atoms with Crippen LogP contribution in [0.5, 0.6) is 0 Å². The summed E-state index contributed by atoms with van der Waals surface area (Å²) in [7, 11) is -3.53. The van der Waals surface area contributed by atoms with Crippen molar-refractivity contribution in [1.82, 2.24) is 10.2 Å². The second-order valence-corrected chi connectivity index (χ2v) is 8.10. The van der Waals surface area contributed by atoms with E-state index in [4.69, 9.17) is 4.74 Å². The summed E-state index contributed by atoms with van der Waals surface area (Å²) >= 11 is 0. The number of benzene rings is 1. The molecule has 2 rings (SSSR count).